The van der Waals surface area contributed by atoms with Crippen LogP contribution in [0.25, 0.3) is 21.5 Å². The van der Waals surface area contributed by atoms with E-state index in [1.165, 1.54) is 16.9 Å². The Morgan fingerprint density at radius 1 is 1.03 bits per heavy atom. The number of piperidine rings is 1. The number of nitrogens with zero attached hydrogens (tertiary/aromatic N) is 3. The third-order valence-corrected chi connectivity index (χ3v) is 7.84. The monoisotopic (exact) mass is 475 g/mol. The number of ether oxygens (including phenoxy) is 2. The first-order valence-corrected chi connectivity index (χ1v) is 12.4. The molecule has 6 nitrogen and oxygen atoms in total. The van der Waals surface area contributed by atoms with Crippen LogP contribution in [0.15, 0.2) is 54.6 Å². The van der Waals surface area contributed by atoms with Crippen LogP contribution in [0.2, 0.25) is 0 Å². The number of carbonyl (C=O) groups is 1. The van der Waals surface area contributed by atoms with Gasteiger partial charge in [-0.2, -0.15) is 5.10 Å². The summed E-state index contributed by atoms with van der Waals surface area (Å²) in [6, 6.07) is 18.4. The van der Waals surface area contributed by atoms with Crippen LogP contribution in [0, 0.1) is 5.92 Å². The Morgan fingerprint density at radius 3 is 2.47 bits per heavy atom. The smallest absolute Gasteiger partial charge is 0.264 e. The van der Waals surface area contributed by atoms with Crippen LogP contribution in [-0.4, -0.2) is 47.9 Å². The van der Waals surface area contributed by atoms with Crippen LogP contribution in [-0.2, 0) is 13.5 Å². The summed E-state index contributed by atoms with van der Waals surface area (Å²) in [5.41, 5.74) is 3.16. The van der Waals surface area contributed by atoms with Crippen molar-refractivity contribution in [1.29, 1.82) is 0 Å². The summed E-state index contributed by atoms with van der Waals surface area (Å²) in [5, 5.41) is 5.71. The molecule has 4 aromatic rings. The van der Waals surface area contributed by atoms with Gasteiger partial charge in [-0.15, -0.1) is 11.3 Å². The Kier molecular flexibility index (Phi) is 6.28. The predicted molar refractivity (Wildman–Crippen MR) is 136 cm³/mol. The number of aromatic nitrogens is 2. The van der Waals surface area contributed by atoms with E-state index in [1.807, 2.05) is 40.9 Å². The molecule has 1 aliphatic heterocycles. The summed E-state index contributed by atoms with van der Waals surface area (Å²) in [7, 11) is 5.17. The average molecular weight is 476 g/mol. The van der Waals surface area contributed by atoms with Crippen molar-refractivity contribution >= 4 is 27.5 Å². The fourth-order valence-corrected chi connectivity index (χ4v) is 5.83. The second-order valence-electron chi connectivity index (χ2n) is 8.80. The first-order chi connectivity index (χ1) is 16.6. The van der Waals surface area contributed by atoms with Gasteiger partial charge in [-0.05, 0) is 55.0 Å². The average Bonchev–Trinajstić information content (AvgIpc) is 3.45. The van der Waals surface area contributed by atoms with Crippen molar-refractivity contribution in [2.24, 2.45) is 13.0 Å². The van der Waals surface area contributed by atoms with Crippen molar-refractivity contribution in [3.8, 4) is 22.8 Å². The summed E-state index contributed by atoms with van der Waals surface area (Å²) in [6.45, 7) is 1.62. The molecule has 176 valence electrons. The molecule has 0 N–H and O–H groups in total. The van der Waals surface area contributed by atoms with Crippen molar-refractivity contribution in [3.63, 3.8) is 0 Å². The lowest BCUT2D eigenvalue weighted by Crippen LogP contribution is -2.38. The summed E-state index contributed by atoms with van der Waals surface area (Å²) in [6.07, 6.45) is 3.18. The van der Waals surface area contributed by atoms with E-state index in [0.29, 0.717) is 17.4 Å². The molecule has 2 aromatic heterocycles. The molecule has 3 heterocycles. The minimum atomic E-state index is 0.123. The van der Waals surface area contributed by atoms with E-state index in [1.54, 1.807) is 14.2 Å². The van der Waals surface area contributed by atoms with Gasteiger partial charge in [0.1, 0.15) is 10.5 Å². The molecule has 1 aliphatic rings. The maximum Gasteiger partial charge on any atom is 0.264 e. The Bertz CT molecular complexity index is 1300. The number of amides is 1. The van der Waals surface area contributed by atoms with Crippen LogP contribution < -0.4 is 9.47 Å². The van der Waals surface area contributed by atoms with Gasteiger partial charge >= 0.3 is 0 Å². The maximum absolute atomic E-state index is 13.3. The first kappa shape index (κ1) is 22.5. The lowest BCUT2D eigenvalue weighted by molar-refractivity contribution is 0.0695. The van der Waals surface area contributed by atoms with Gasteiger partial charge in [0.25, 0.3) is 5.91 Å². The zero-order valence-corrected chi connectivity index (χ0v) is 20.6. The van der Waals surface area contributed by atoms with Crippen LogP contribution in [0.5, 0.6) is 11.5 Å². The molecule has 0 spiro atoms. The molecular weight excluding hydrogens is 446 g/mol. The fraction of sp³-hybridized carbons (Fsp3) is 0.333. The molecule has 0 aliphatic carbocycles. The van der Waals surface area contributed by atoms with Crippen molar-refractivity contribution in [3.05, 3.63) is 65.0 Å². The standard InChI is InChI=1S/C27H29N3O3S/c1-29-27-21(25(28-29)20-9-10-22(32-2)23(16-20)33-3)17-24(34-27)26(31)30-13-11-19(12-14-30)15-18-7-5-4-6-8-18/h4-10,16-17,19H,11-15H2,1-3H3. The van der Waals surface area contributed by atoms with Gasteiger partial charge in [-0.25, -0.2) is 0 Å². The van der Waals surface area contributed by atoms with Crippen molar-refractivity contribution in [1.82, 2.24) is 14.7 Å². The molecular formula is C27H29N3O3S. The van der Waals surface area contributed by atoms with Crippen LogP contribution in [0.3, 0.4) is 0 Å². The summed E-state index contributed by atoms with van der Waals surface area (Å²) in [4.78, 5) is 17.1. The van der Waals surface area contributed by atoms with E-state index in [-0.39, 0.29) is 5.91 Å². The zero-order chi connectivity index (χ0) is 23.7. The lowest BCUT2D eigenvalue weighted by Gasteiger charge is -2.31. The number of carbonyl (C=O) groups excluding carboxylic acids is 1. The molecule has 1 saturated heterocycles. The van der Waals surface area contributed by atoms with E-state index in [2.05, 4.69) is 30.3 Å². The normalized spacial score (nSPS) is 14.5. The fourth-order valence-electron chi connectivity index (χ4n) is 4.79. The molecule has 7 heteroatoms. The molecule has 0 unspecified atom stereocenters. The minimum absolute atomic E-state index is 0.123. The van der Waals surface area contributed by atoms with Gasteiger partial charge in [0.15, 0.2) is 11.5 Å². The number of thiophene rings is 1. The lowest BCUT2D eigenvalue weighted by atomic mass is 9.90. The van der Waals surface area contributed by atoms with Gasteiger partial charge in [-0.3, -0.25) is 9.48 Å². The number of hydrogen-bond acceptors (Lipinski definition) is 5. The zero-order valence-electron chi connectivity index (χ0n) is 19.8. The van der Waals surface area contributed by atoms with Gasteiger partial charge in [0, 0.05) is 31.1 Å². The number of methoxy groups -OCH3 is 2. The molecule has 1 fully saturated rings. The molecule has 0 radical (unpaired) electrons. The van der Waals surface area contributed by atoms with Crippen LogP contribution >= 0.6 is 11.3 Å². The van der Waals surface area contributed by atoms with E-state index in [0.717, 1.165) is 58.7 Å². The molecule has 34 heavy (non-hydrogen) atoms. The van der Waals surface area contributed by atoms with E-state index in [4.69, 9.17) is 14.6 Å². The number of hydrogen-bond donors (Lipinski definition) is 0. The highest BCUT2D eigenvalue weighted by Crippen LogP contribution is 2.38. The van der Waals surface area contributed by atoms with Crippen LogP contribution in [0.1, 0.15) is 28.1 Å². The Hall–Kier alpha value is -3.32. The first-order valence-electron chi connectivity index (χ1n) is 11.6. The Morgan fingerprint density at radius 2 is 1.76 bits per heavy atom. The number of aryl methyl sites for hydroxylation is 1. The Labute approximate surface area is 203 Å². The molecule has 1 amide bonds. The molecule has 0 bridgehead atoms. The largest absolute Gasteiger partial charge is 0.493 e. The summed E-state index contributed by atoms with van der Waals surface area (Å²) < 4.78 is 12.7. The highest BCUT2D eigenvalue weighted by atomic mass is 32.1. The number of rotatable bonds is 6. The van der Waals surface area contributed by atoms with E-state index < -0.39 is 0 Å². The topological polar surface area (TPSA) is 56.6 Å². The maximum atomic E-state index is 13.3. The highest BCUT2D eigenvalue weighted by molar-refractivity contribution is 7.20. The van der Waals surface area contributed by atoms with Crippen molar-refractivity contribution in [2.45, 2.75) is 19.3 Å². The second kappa shape index (κ2) is 9.50. The second-order valence-corrected chi connectivity index (χ2v) is 9.83. The molecule has 0 atom stereocenters. The minimum Gasteiger partial charge on any atom is -0.493 e. The highest BCUT2D eigenvalue weighted by Gasteiger charge is 2.26. The number of benzene rings is 2. The van der Waals surface area contributed by atoms with Crippen molar-refractivity contribution < 1.29 is 14.3 Å². The summed E-state index contributed by atoms with van der Waals surface area (Å²) in [5.74, 6) is 2.09. The predicted octanol–water partition coefficient (Wildman–Crippen LogP) is 5.41. The van der Waals surface area contributed by atoms with Gasteiger partial charge in [-0.1, -0.05) is 30.3 Å². The third kappa shape index (κ3) is 4.28. The van der Waals surface area contributed by atoms with E-state index in [9.17, 15) is 4.79 Å². The Balaban J connectivity index is 1.34. The number of likely N-dealkylation sites (tertiary alicyclic amines) is 1. The van der Waals surface area contributed by atoms with Gasteiger partial charge in [0.05, 0.1) is 19.1 Å². The van der Waals surface area contributed by atoms with Crippen LogP contribution in [0.4, 0.5) is 0 Å². The third-order valence-electron chi connectivity index (χ3n) is 6.65. The molecule has 2 aromatic carbocycles. The molecule has 0 saturated carbocycles. The molecule has 5 rings (SSSR count). The van der Waals surface area contributed by atoms with Crippen molar-refractivity contribution in [2.75, 3.05) is 27.3 Å². The SMILES string of the molecule is COc1ccc(-c2nn(C)c3sc(C(=O)N4CCC(Cc5ccccc5)CC4)cc23)cc1OC. The summed E-state index contributed by atoms with van der Waals surface area (Å²) >= 11 is 1.52. The number of fused-ring (bicyclic) bond motifs is 1. The van der Waals surface area contributed by atoms with Gasteiger partial charge in [0.2, 0.25) is 0 Å². The quantitative estimate of drug-likeness (QED) is 0.374. The van der Waals surface area contributed by atoms with Gasteiger partial charge < -0.3 is 14.4 Å². The van der Waals surface area contributed by atoms with E-state index >= 15 is 0 Å².